The van der Waals surface area contributed by atoms with E-state index in [-0.39, 0.29) is 5.60 Å². The van der Waals surface area contributed by atoms with E-state index < -0.39 is 0 Å². The number of fused-ring (bicyclic) bond motifs is 1. The van der Waals surface area contributed by atoms with Crippen LogP contribution in [0.4, 0.5) is 0 Å². The first-order valence-corrected chi connectivity index (χ1v) is 8.55. The van der Waals surface area contributed by atoms with Gasteiger partial charge in [0.2, 0.25) is 0 Å². The molecule has 4 rings (SSSR count). The fourth-order valence-corrected chi connectivity index (χ4v) is 4.00. The van der Waals surface area contributed by atoms with Gasteiger partial charge in [-0.1, -0.05) is 25.1 Å². The molecule has 0 radical (unpaired) electrons. The highest BCUT2D eigenvalue weighted by molar-refractivity contribution is 5.39. The summed E-state index contributed by atoms with van der Waals surface area (Å²) in [5.74, 6) is 1.11. The van der Waals surface area contributed by atoms with Gasteiger partial charge < -0.3 is 10.1 Å². The lowest BCUT2D eigenvalue weighted by molar-refractivity contribution is 0.0377. The summed E-state index contributed by atoms with van der Waals surface area (Å²) in [6, 6.07) is 9.91. The Hall–Kier alpha value is -1.06. The van der Waals surface area contributed by atoms with Gasteiger partial charge in [0.25, 0.3) is 0 Å². The number of benzene rings is 1. The normalized spacial score (nSPS) is 32.1. The third-order valence-corrected chi connectivity index (χ3v) is 5.25. The molecule has 1 spiro atoms. The van der Waals surface area contributed by atoms with Gasteiger partial charge in [-0.3, -0.25) is 4.90 Å². The zero-order valence-electron chi connectivity index (χ0n) is 13.0. The smallest absolute Gasteiger partial charge is 0.125 e. The van der Waals surface area contributed by atoms with Crippen LogP contribution in [-0.2, 0) is 0 Å². The summed E-state index contributed by atoms with van der Waals surface area (Å²) in [6.07, 6.45) is 6.27. The van der Waals surface area contributed by atoms with Crippen LogP contribution in [0.3, 0.4) is 0 Å². The Labute approximate surface area is 127 Å². The molecule has 114 valence electrons. The van der Waals surface area contributed by atoms with Gasteiger partial charge in [-0.2, -0.15) is 0 Å². The largest absolute Gasteiger partial charge is 0.485 e. The standard InChI is InChI=1S/C18H26N2O/c1-2-10-19-16-12-18(9-11-20(13-18)14-7-8-14)21-17-6-4-3-5-15(16)17/h3-6,14,16,19H,2,7-13H2,1H3. The monoisotopic (exact) mass is 286 g/mol. The van der Waals surface area contributed by atoms with Crippen LogP contribution >= 0.6 is 0 Å². The Kier molecular flexibility index (Phi) is 3.43. The number of likely N-dealkylation sites (tertiary alicyclic amines) is 1. The molecule has 1 aliphatic carbocycles. The molecule has 21 heavy (non-hydrogen) atoms. The molecule has 1 N–H and O–H groups in total. The highest BCUT2D eigenvalue weighted by atomic mass is 16.5. The lowest BCUT2D eigenvalue weighted by atomic mass is 9.86. The molecule has 1 aromatic rings. The second-order valence-corrected chi connectivity index (χ2v) is 6.99. The Bertz CT molecular complexity index is 514. The fraction of sp³-hybridized carbons (Fsp3) is 0.667. The van der Waals surface area contributed by atoms with Crippen molar-refractivity contribution in [2.75, 3.05) is 19.6 Å². The van der Waals surface area contributed by atoms with Crippen LogP contribution in [0, 0.1) is 0 Å². The van der Waals surface area contributed by atoms with Crippen LogP contribution in [0.25, 0.3) is 0 Å². The van der Waals surface area contributed by atoms with E-state index in [1.165, 1.54) is 37.8 Å². The maximum Gasteiger partial charge on any atom is 0.125 e. The Morgan fingerprint density at radius 2 is 2.19 bits per heavy atom. The Morgan fingerprint density at radius 3 is 3.00 bits per heavy atom. The molecule has 3 heteroatoms. The molecule has 1 saturated carbocycles. The molecule has 0 bridgehead atoms. The molecule has 2 atom stereocenters. The molecule has 2 heterocycles. The summed E-state index contributed by atoms with van der Waals surface area (Å²) < 4.78 is 6.52. The molecular weight excluding hydrogens is 260 g/mol. The minimum absolute atomic E-state index is 0.0440. The van der Waals surface area contributed by atoms with Crippen molar-refractivity contribution in [2.45, 2.75) is 56.7 Å². The predicted octanol–water partition coefficient (Wildman–Crippen LogP) is 3.12. The van der Waals surface area contributed by atoms with Gasteiger partial charge >= 0.3 is 0 Å². The van der Waals surface area contributed by atoms with Crippen molar-refractivity contribution >= 4 is 0 Å². The fourth-order valence-electron chi connectivity index (χ4n) is 4.00. The number of hydrogen-bond donors (Lipinski definition) is 1. The molecule has 0 amide bonds. The van der Waals surface area contributed by atoms with E-state index in [9.17, 15) is 0 Å². The van der Waals surface area contributed by atoms with E-state index in [2.05, 4.69) is 41.4 Å². The second-order valence-electron chi connectivity index (χ2n) is 6.99. The number of nitrogens with one attached hydrogen (secondary N) is 1. The van der Waals surface area contributed by atoms with Gasteiger partial charge in [0, 0.05) is 43.6 Å². The van der Waals surface area contributed by atoms with Crippen molar-refractivity contribution in [3.05, 3.63) is 29.8 Å². The second kappa shape index (κ2) is 5.29. The molecule has 2 fully saturated rings. The molecule has 2 unspecified atom stereocenters. The minimum atomic E-state index is 0.0440. The maximum absolute atomic E-state index is 6.52. The molecule has 3 aliphatic rings. The van der Waals surface area contributed by atoms with Crippen molar-refractivity contribution in [1.29, 1.82) is 0 Å². The topological polar surface area (TPSA) is 24.5 Å². The van der Waals surface area contributed by atoms with Gasteiger partial charge in [0.15, 0.2) is 0 Å². The average Bonchev–Trinajstić information content (AvgIpc) is 3.28. The van der Waals surface area contributed by atoms with Gasteiger partial charge in [0.05, 0.1) is 0 Å². The molecule has 0 aromatic heterocycles. The zero-order chi connectivity index (χ0) is 14.3. The van der Waals surface area contributed by atoms with E-state index in [0.717, 1.165) is 31.3 Å². The number of ether oxygens (including phenoxy) is 1. The minimum Gasteiger partial charge on any atom is -0.485 e. The lowest BCUT2D eigenvalue weighted by Gasteiger charge is -2.40. The first-order valence-electron chi connectivity index (χ1n) is 8.55. The third kappa shape index (κ3) is 2.58. The van der Waals surface area contributed by atoms with Crippen LogP contribution in [0.15, 0.2) is 24.3 Å². The van der Waals surface area contributed by atoms with Crippen LogP contribution in [-0.4, -0.2) is 36.2 Å². The molecule has 1 saturated heterocycles. The summed E-state index contributed by atoms with van der Waals surface area (Å²) in [7, 11) is 0. The van der Waals surface area contributed by atoms with Crippen LogP contribution < -0.4 is 10.1 Å². The number of para-hydroxylation sites is 1. The molecule has 2 aliphatic heterocycles. The Balaban J connectivity index is 1.57. The summed E-state index contributed by atoms with van der Waals surface area (Å²) >= 11 is 0. The predicted molar refractivity (Wildman–Crippen MR) is 84.7 cm³/mol. The van der Waals surface area contributed by atoms with Gasteiger partial charge in [-0.05, 0) is 31.9 Å². The number of rotatable bonds is 4. The van der Waals surface area contributed by atoms with Gasteiger partial charge in [-0.15, -0.1) is 0 Å². The third-order valence-electron chi connectivity index (χ3n) is 5.25. The first-order chi connectivity index (χ1) is 10.3. The summed E-state index contributed by atoms with van der Waals surface area (Å²) in [5.41, 5.74) is 1.39. The van der Waals surface area contributed by atoms with Crippen LogP contribution in [0.1, 0.15) is 50.6 Å². The number of hydrogen-bond acceptors (Lipinski definition) is 3. The highest BCUT2D eigenvalue weighted by Gasteiger charge is 2.48. The van der Waals surface area contributed by atoms with E-state index in [4.69, 9.17) is 4.74 Å². The molecule has 1 aromatic carbocycles. The first kappa shape index (κ1) is 13.6. The molecule has 3 nitrogen and oxygen atoms in total. The van der Waals surface area contributed by atoms with Crippen molar-refractivity contribution < 1.29 is 4.74 Å². The number of nitrogens with zero attached hydrogens (tertiary/aromatic N) is 1. The zero-order valence-corrected chi connectivity index (χ0v) is 13.0. The van der Waals surface area contributed by atoms with Gasteiger partial charge in [-0.25, -0.2) is 0 Å². The molecular formula is C18H26N2O. The van der Waals surface area contributed by atoms with Crippen LogP contribution in [0.2, 0.25) is 0 Å². The van der Waals surface area contributed by atoms with Gasteiger partial charge in [0.1, 0.15) is 11.4 Å². The van der Waals surface area contributed by atoms with Crippen molar-refractivity contribution in [1.82, 2.24) is 10.2 Å². The quantitative estimate of drug-likeness (QED) is 0.920. The van der Waals surface area contributed by atoms with Crippen LogP contribution in [0.5, 0.6) is 5.75 Å². The van der Waals surface area contributed by atoms with Crippen molar-refractivity contribution in [2.24, 2.45) is 0 Å². The SMILES string of the molecule is CCCNC1CC2(CCN(C3CC3)C2)Oc2ccccc21. The van der Waals surface area contributed by atoms with Crippen molar-refractivity contribution in [3.8, 4) is 5.75 Å². The van der Waals surface area contributed by atoms with E-state index in [1.54, 1.807) is 0 Å². The van der Waals surface area contributed by atoms with E-state index >= 15 is 0 Å². The Morgan fingerprint density at radius 1 is 1.33 bits per heavy atom. The summed E-state index contributed by atoms with van der Waals surface area (Å²) in [5, 5.41) is 3.74. The summed E-state index contributed by atoms with van der Waals surface area (Å²) in [4.78, 5) is 2.66. The highest BCUT2D eigenvalue weighted by Crippen LogP contribution is 2.45. The van der Waals surface area contributed by atoms with Crippen molar-refractivity contribution in [3.63, 3.8) is 0 Å². The lowest BCUT2D eigenvalue weighted by Crippen LogP contribution is -2.46. The average molecular weight is 286 g/mol. The summed E-state index contributed by atoms with van der Waals surface area (Å²) in [6.45, 7) is 5.66. The van der Waals surface area contributed by atoms with E-state index in [1.807, 2.05) is 0 Å². The maximum atomic E-state index is 6.52. The van der Waals surface area contributed by atoms with E-state index in [0.29, 0.717) is 6.04 Å².